The number of carbonyl (C=O) groups is 2. The summed E-state index contributed by atoms with van der Waals surface area (Å²) in [6, 6.07) is 0. The summed E-state index contributed by atoms with van der Waals surface area (Å²) in [7, 11) is 0. The quantitative estimate of drug-likeness (QED) is 0.603. The number of aliphatic carboxylic acids is 1. The smallest absolute Gasteiger partial charge is 0.389 e. The first-order valence-corrected chi connectivity index (χ1v) is 5.43. The van der Waals surface area contributed by atoms with E-state index in [9.17, 15) is 22.8 Å². The SMILES string of the molecule is O=C(CCC(F)(F)F)OC(CCBr)C(=O)O. The predicted octanol–water partition coefficient (Wildman–Crippen LogP) is 2.11. The fourth-order valence-corrected chi connectivity index (χ4v) is 1.21. The Morgan fingerprint density at radius 2 is 1.94 bits per heavy atom. The maximum absolute atomic E-state index is 11.7. The highest BCUT2D eigenvalue weighted by Gasteiger charge is 2.29. The first-order valence-electron chi connectivity index (χ1n) is 4.31. The zero-order valence-corrected chi connectivity index (χ0v) is 9.68. The number of hydrogen-bond donors (Lipinski definition) is 1. The van der Waals surface area contributed by atoms with Gasteiger partial charge in [0.2, 0.25) is 0 Å². The van der Waals surface area contributed by atoms with Crippen molar-refractivity contribution in [3.05, 3.63) is 0 Å². The highest BCUT2D eigenvalue weighted by atomic mass is 79.9. The van der Waals surface area contributed by atoms with Crippen LogP contribution in [0.4, 0.5) is 13.2 Å². The lowest BCUT2D eigenvalue weighted by Gasteiger charge is -2.12. The molecule has 0 bridgehead atoms. The Bertz CT molecular complexity index is 254. The molecule has 0 aromatic heterocycles. The summed E-state index contributed by atoms with van der Waals surface area (Å²) in [5, 5.41) is 8.84. The highest BCUT2D eigenvalue weighted by molar-refractivity contribution is 9.09. The monoisotopic (exact) mass is 306 g/mol. The minimum atomic E-state index is -4.45. The number of hydrogen-bond acceptors (Lipinski definition) is 3. The Balaban J connectivity index is 4.05. The molecule has 0 aliphatic carbocycles. The van der Waals surface area contributed by atoms with Gasteiger partial charge in [-0.3, -0.25) is 4.79 Å². The van der Waals surface area contributed by atoms with Crippen molar-refractivity contribution in [3.8, 4) is 0 Å². The predicted molar refractivity (Wildman–Crippen MR) is 51.2 cm³/mol. The van der Waals surface area contributed by atoms with Gasteiger partial charge in [0.1, 0.15) is 0 Å². The van der Waals surface area contributed by atoms with E-state index in [-0.39, 0.29) is 11.8 Å². The molecule has 0 heterocycles. The number of alkyl halides is 4. The van der Waals surface area contributed by atoms with E-state index in [2.05, 4.69) is 20.7 Å². The summed E-state index contributed by atoms with van der Waals surface area (Å²) >= 11 is 2.94. The second-order valence-corrected chi connectivity index (χ2v) is 3.70. The van der Waals surface area contributed by atoms with Crippen molar-refractivity contribution in [2.24, 2.45) is 0 Å². The van der Waals surface area contributed by atoms with Crippen molar-refractivity contribution in [3.63, 3.8) is 0 Å². The van der Waals surface area contributed by atoms with Crippen LogP contribution in [0.25, 0.3) is 0 Å². The molecule has 4 nitrogen and oxygen atoms in total. The molecule has 0 radical (unpaired) electrons. The van der Waals surface area contributed by atoms with Crippen molar-refractivity contribution in [2.75, 3.05) is 5.33 Å². The van der Waals surface area contributed by atoms with Gasteiger partial charge < -0.3 is 9.84 Å². The van der Waals surface area contributed by atoms with Gasteiger partial charge in [0, 0.05) is 11.8 Å². The molecular formula is C8H10BrF3O4. The number of carboxylic acids is 1. The minimum Gasteiger partial charge on any atom is -0.479 e. The molecule has 16 heavy (non-hydrogen) atoms. The fourth-order valence-electron chi connectivity index (χ4n) is 0.793. The molecule has 0 fully saturated rings. The van der Waals surface area contributed by atoms with E-state index in [0.717, 1.165) is 0 Å². The third kappa shape index (κ3) is 7.49. The van der Waals surface area contributed by atoms with Gasteiger partial charge in [-0.25, -0.2) is 4.79 Å². The van der Waals surface area contributed by atoms with Crippen molar-refractivity contribution in [2.45, 2.75) is 31.5 Å². The van der Waals surface area contributed by atoms with Gasteiger partial charge in [0.05, 0.1) is 12.8 Å². The van der Waals surface area contributed by atoms with E-state index in [1.54, 1.807) is 0 Å². The molecule has 1 atom stereocenters. The summed E-state index contributed by atoms with van der Waals surface area (Å²) in [5.41, 5.74) is 0. The second-order valence-electron chi connectivity index (χ2n) is 2.91. The maximum atomic E-state index is 11.7. The van der Waals surface area contributed by atoms with Gasteiger partial charge in [-0.15, -0.1) is 0 Å². The standard InChI is InChI=1S/C8H10BrF3O4/c9-4-2-5(7(14)15)16-6(13)1-3-8(10,11)12/h5H,1-4H2,(H,14,15). The summed E-state index contributed by atoms with van der Waals surface area (Å²) in [6.45, 7) is 0. The summed E-state index contributed by atoms with van der Waals surface area (Å²) in [6.07, 6.45) is -8.03. The van der Waals surface area contributed by atoms with Gasteiger partial charge in [0.25, 0.3) is 0 Å². The summed E-state index contributed by atoms with van der Waals surface area (Å²) < 4.78 is 39.6. The van der Waals surface area contributed by atoms with Gasteiger partial charge >= 0.3 is 18.1 Å². The van der Waals surface area contributed by atoms with E-state index in [0.29, 0.717) is 0 Å². The first-order chi connectivity index (χ1) is 7.26. The van der Waals surface area contributed by atoms with Crippen molar-refractivity contribution in [1.82, 2.24) is 0 Å². The van der Waals surface area contributed by atoms with Crippen LogP contribution in [0.15, 0.2) is 0 Å². The molecule has 0 saturated carbocycles. The molecular weight excluding hydrogens is 297 g/mol. The number of rotatable bonds is 6. The molecule has 0 saturated heterocycles. The van der Waals surface area contributed by atoms with Crippen LogP contribution in [0.3, 0.4) is 0 Å². The number of carboxylic acid groups (broad SMARTS) is 1. The van der Waals surface area contributed by atoms with E-state index < -0.39 is 37.1 Å². The molecule has 0 spiro atoms. The van der Waals surface area contributed by atoms with E-state index >= 15 is 0 Å². The third-order valence-corrected chi connectivity index (χ3v) is 1.99. The Morgan fingerprint density at radius 3 is 2.31 bits per heavy atom. The normalized spacial score (nSPS) is 13.2. The van der Waals surface area contributed by atoms with Gasteiger partial charge in [0.15, 0.2) is 6.10 Å². The number of esters is 1. The Labute approximate surface area is 97.9 Å². The van der Waals surface area contributed by atoms with E-state index in [1.165, 1.54) is 0 Å². The average molecular weight is 307 g/mol. The molecule has 1 N–H and O–H groups in total. The largest absolute Gasteiger partial charge is 0.479 e. The molecule has 0 aromatic carbocycles. The zero-order valence-electron chi connectivity index (χ0n) is 8.09. The average Bonchev–Trinajstić information content (AvgIpc) is 2.13. The molecule has 0 rings (SSSR count). The minimum absolute atomic E-state index is 0.00703. The van der Waals surface area contributed by atoms with E-state index in [1.807, 2.05) is 0 Å². The van der Waals surface area contributed by atoms with Crippen LogP contribution in [-0.2, 0) is 14.3 Å². The lowest BCUT2D eigenvalue weighted by molar-refractivity contribution is -0.169. The van der Waals surface area contributed by atoms with Gasteiger partial charge in [-0.2, -0.15) is 13.2 Å². The lowest BCUT2D eigenvalue weighted by atomic mass is 10.2. The van der Waals surface area contributed by atoms with Crippen LogP contribution in [0.2, 0.25) is 0 Å². The maximum Gasteiger partial charge on any atom is 0.389 e. The van der Waals surface area contributed by atoms with Crippen LogP contribution < -0.4 is 0 Å². The van der Waals surface area contributed by atoms with Crippen LogP contribution >= 0.6 is 15.9 Å². The van der Waals surface area contributed by atoms with Gasteiger partial charge in [-0.1, -0.05) is 15.9 Å². The molecule has 0 aliphatic heterocycles. The van der Waals surface area contributed by atoms with Crippen LogP contribution in [0.5, 0.6) is 0 Å². The molecule has 0 aliphatic rings. The van der Waals surface area contributed by atoms with Gasteiger partial charge in [-0.05, 0) is 0 Å². The Kier molecular flexibility index (Phi) is 6.39. The molecule has 1 unspecified atom stereocenters. The lowest BCUT2D eigenvalue weighted by Crippen LogP contribution is -2.28. The highest BCUT2D eigenvalue weighted by Crippen LogP contribution is 2.21. The molecule has 0 aromatic rings. The van der Waals surface area contributed by atoms with Crippen LogP contribution in [0.1, 0.15) is 19.3 Å². The number of halogens is 4. The van der Waals surface area contributed by atoms with E-state index in [4.69, 9.17) is 5.11 Å². The Hall–Kier alpha value is -0.790. The van der Waals surface area contributed by atoms with Crippen molar-refractivity contribution < 1.29 is 32.6 Å². The number of ether oxygens (including phenoxy) is 1. The van der Waals surface area contributed by atoms with Crippen LogP contribution in [-0.4, -0.2) is 34.7 Å². The summed E-state index contributed by atoms with van der Waals surface area (Å²) in [4.78, 5) is 21.4. The molecule has 0 amide bonds. The second kappa shape index (κ2) is 6.72. The summed E-state index contributed by atoms with van der Waals surface area (Å²) in [5.74, 6) is -2.54. The topological polar surface area (TPSA) is 63.6 Å². The Morgan fingerprint density at radius 1 is 1.38 bits per heavy atom. The van der Waals surface area contributed by atoms with Crippen molar-refractivity contribution >= 4 is 27.9 Å². The molecule has 8 heteroatoms. The van der Waals surface area contributed by atoms with Crippen molar-refractivity contribution in [1.29, 1.82) is 0 Å². The number of carbonyl (C=O) groups excluding carboxylic acids is 1. The fraction of sp³-hybridized carbons (Fsp3) is 0.750. The third-order valence-electron chi connectivity index (χ3n) is 1.53. The molecule has 94 valence electrons. The first kappa shape index (κ1) is 15.2. The zero-order chi connectivity index (χ0) is 12.8. The van der Waals surface area contributed by atoms with Crippen LogP contribution in [0, 0.1) is 0 Å².